The molecule has 5 nitrogen and oxygen atoms in total. The van der Waals surface area contributed by atoms with Gasteiger partial charge in [0.25, 0.3) is 0 Å². The number of urea groups is 1. The van der Waals surface area contributed by atoms with Gasteiger partial charge in [-0.2, -0.15) is 0 Å². The van der Waals surface area contributed by atoms with E-state index in [1.54, 1.807) is 17.0 Å². The molecule has 2 aromatic rings. The van der Waals surface area contributed by atoms with E-state index in [-0.39, 0.29) is 23.8 Å². The first-order chi connectivity index (χ1) is 14.1. The predicted molar refractivity (Wildman–Crippen MR) is 110 cm³/mol. The Bertz CT molecular complexity index is 857. The van der Waals surface area contributed by atoms with Crippen molar-refractivity contribution in [3.05, 3.63) is 66.0 Å². The van der Waals surface area contributed by atoms with Crippen LogP contribution >= 0.6 is 0 Å². The number of rotatable bonds is 4. The largest absolute Gasteiger partial charge is 0.352 e. The number of halogens is 1. The number of nitrogens with zero attached hydrogens (tertiary/aromatic N) is 1. The molecule has 2 N–H and O–H groups in total. The van der Waals surface area contributed by atoms with E-state index >= 15 is 0 Å². The summed E-state index contributed by atoms with van der Waals surface area (Å²) < 4.78 is 13.3. The van der Waals surface area contributed by atoms with Gasteiger partial charge in [-0.1, -0.05) is 36.8 Å². The van der Waals surface area contributed by atoms with E-state index in [1.807, 2.05) is 30.3 Å². The number of carbonyl (C=O) groups is 2. The maximum atomic E-state index is 13.3. The third-order valence-electron chi connectivity index (χ3n) is 6.18. The molecule has 1 saturated heterocycles. The summed E-state index contributed by atoms with van der Waals surface area (Å²) in [6, 6.07) is 15.6. The lowest BCUT2D eigenvalue weighted by Crippen LogP contribution is -2.54. The van der Waals surface area contributed by atoms with Gasteiger partial charge in [-0.3, -0.25) is 4.79 Å². The van der Waals surface area contributed by atoms with Crippen molar-refractivity contribution in [2.75, 3.05) is 18.4 Å². The topological polar surface area (TPSA) is 61.4 Å². The molecular weight excluding hydrogens is 369 g/mol. The number of para-hydroxylation sites is 1. The van der Waals surface area contributed by atoms with Crippen LogP contribution in [0.2, 0.25) is 0 Å². The molecule has 29 heavy (non-hydrogen) atoms. The molecule has 0 aromatic heterocycles. The molecule has 0 bridgehead atoms. The minimum absolute atomic E-state index is 0.0301. The van der Waals surface area contributed by atoms with Gasteiger partial charge in [0, 0.05) is 24.8 Å². The van der Waals surface area contributed by atoms with Crippen molar-refractivity contribution in [2.45, 2.75) is 43.6 Å². The summed E-state index contributed by atoms with van der Waals surface area (Å²) in [7, 11) is 0. The van der Waals surface area contributed by atoms with Crippen LogP contribution in [0.5, 0.6) is 0 Å². The van der Waals surface area contributed by atoms with Crippen molar-refractivity contribution in [3.63, 3.8) is 0 Å². The number of hydrogen-bond donors (Lipinski definition) is 2. The molecular formula is C23H26FN3O2. The smallest absolute Gasteiger partial charge is 0.321 e. The number of amides is 3. The van der Waals surface area contributed by atoms with Crippen LogP contribution in [0.1, 0.15) is 37.7 Å². The Hall–Kier alpha value is -2.89. The zero-order chi connectivity index (χ0) is 20.3. The monoisotopic (exact) mass is 395 g/mol. The molecule has 1 heterocycles. The first-order valence-electron chi connectivity index (χ1n) is 10.2. The van der Waals surface area contributed by atoms with Crippen LogP contribution in [0.15, 0.2) is 54.6 Å². The third kappa shape index (κ3) is 4.11. The molecule has 152 valence electrons. The Morgan fingerprint density at radius 3 is 2.21 bits per heavy atom. The van der Waals surface area contributed by atoms with Gasteiger partial charge in [0.1, 0.15) is 5.82 Å². The molecule has 3 amide bonds. The van der Waals surface area contributed by atoms with Crippen LogP contribution < -0.4 is 10.6 Å². The number of likely N-dealkylation sites (tertiary alicyclic amines) is 1. The highest BCUT2D eigenvalue weighted by Crippen LogP contribution is 2.44. The maximum absolute atomic E-state index is 13.3. The molecule has 2 aromatic carbocycles. The van der Waals surface area contributed by atoms with Crippen molar-refractivity contribution in [1.29, 1.82) is 0 Å². The van der Waals surface area contributed by atoms with E-state index in [9.17, 15) is 14.0 Å². The fraction of sp³-hybridized carbons (Fsp3) is 0.391. The van der Waals surface area contributed by atoms with E-state index in [0.717, 1.165) is 43.4 Å². The van der Waals surface area contributed by atoms with Gasteiger partial charge in [-0.05, 0) is 55.5 Å². The summed E-state index contributed by atoms with van der Waals surface area (Å²) in [4.78, 5) is 27.3. The summed E-state index contributed by atoms with van der Waals surface area (Å²) in [6.07, 6.45) is 4.05. The lowest BCUT2D eigenvalue weighted by molar-refractivity contribution is -0.131. The molecule has 0 atom stereocenters. The Morgan fingerprint density at radius 1 is 0.966 bits per heavy atom. The highest BCUT2D eigenvalue weighted by Gasteiger charge is 2.46. The van der Waals surface area contributed by atoms with Crippen LogP contribution in [0.3, 0.4) is 0 Å². The highest BCUT2D eigenvalue weighted by molar-refractivity contribution is 5.90. The fourth-order valence-corrected chi connectivity index (χ4v) is 4.22. The van der Waals surface area contributed by atoms with Crippen LogP contribution in [0.25, 0.3) is 0 Å². The summed E-state index contributed by atoms with van der Waals surface area (Å²) in [5, 5.41) is 6.10. The average molecular weight is 395 g/mol. The lowest BCUT2D eigenvalue weighted by atomic mass is 9.63. The molecule has 6 heteroatoms. The van der Waals surface area contributed by atoms with Gasteiger partial charge in [-0.25, -0.2) is 9.18 Å². The maximum Gasteiger partial charge on any atom is 0.321 e. The van der Waals surface area contributed by atoms with E-state index in [2.05, 4.69) is 10.6 Å². The summed E-state index contributed by atoms with van der Waals surface area (Å²) >= 11 is 0. The number of hydrogen-bond acceptors (Lipinski definition) is 2. The molecule has 2 fully saturated rings. The second kappa shape index (κ2) is 8.23. The first-order valence-corrected chi connectivity index (χ1v) is 10.2. The fourth-order valence-electron chi connectivity index (χ4n) is 4.22. The number of anilines is 1. The predicted octanol–water partition coefficient (Wildman–Crippen LogP) is 4.06. The Morgan fingerprint density at radius 2 is 1.62 bits per heavy atom. The van der Waals surface area contributed by atoms with Crippen molar-refractivity contribution >= 4 is 17.6 Å². The Labute approximate surface area is 170 Å². The van der Waals surface area contributed by atoms with Crippen molar-refractivity contribution in [1.82, 2.24) is 10.2 Å². The molecule has 4 rings (SSSR count). The van der Waals surface area contributed by atoms with Crippen LogP contribution in [-0.4, -0.2) is 36.0 Å². The van der Waals surface area contributed by atoms with Gasteiger partial charge in [-0.15, -0.1) is 0 Å². The zero-order valence-corrected chi connectivity index (χ0v) is 16.4. The van der Waals surface area contributed by atoms with E-state index in [0.29, 0.717) is 13.1 Å². The minimum Gasteiger partial charge on any atom is -0.352 e. The third-order valence-corrected chi connectivity index (χ3v) is 6.18. The zero-order valence-electron chi connectivity index (χ0n) is 16.4. The number of nitrogens with one attached hydrogen (secondary N) is 2. The van der Waals surface area contributed by atoms with Crippen LogP contribution in [0, 0.1) is 5.82 Å². The Kier molecular flexibility index (Phi) is 5.51. The molecule has 0 radical (unpaired) electrons. The second-order valence-corrected chi connectivity index (χ2v) is 7.97. The summed E-state index contributed by atoms with van der Waals surface area (Å²) in [5.41, 5.74) is 1.14. The Balaban J connectivity index is 1.31. The van der Waals surface area contributed by atoms with Crippen molar-refractivity contribution < 1.29 is 14.0 Å². The normalized spacial score (nSPS) is 18.6. The summed E-state index contributed by atoms with van der Waals surface area (Å²) in [6.45, 7) is 1.21. The molecule has 2 aliphatic rings. The minimum atomic E-state index is -0.532. The van der Waals surface area contributed by atoms with E-state index in [1.165, 1.54) is 12.1 Å². The molecule has 1 aliphatic carbocycles. The highest BCUT2D eigenvalue weighted by atomic mass is 19.1. The number of piperidine rings is 1. The van der Waals surface area contributed by atoms with Crippen molar-refractivity contribution in [3.8, 4) is 0 Å². The molecule has 0 unspecified atom stereocenters. The van der Waals surface area contributed by atoms with Gasteiger partial charge >= 0.3 is 6.03 Å². The quantitative estimate of drug-likeness (QED) is 0.820. The molecule has 0 spiro atoms. The van der Waals surface area contributed by atoms with E-state index in [4.69, 9.17) is 0 Å². The number of benzene rings is 2. The molecule has 1 aliphatic heterocycles. The van der Waals surface area contributed by atoms with Crippen molar-refractivity contribution in [2.24, 2.45) is 0 Å². The standard InChI is InChI=1S/C23H26FN3O2/c24-18-9-7-17(8-10-18)23(13-4-14-23)21(28)25-20-11-15-27(16-12-20)22(29)26-19-5-2-1-3-6-19/h1-3,5-10,20H,4,11-16H2,(H,25,28)(H,26,29). The first kappa shape index (κ1) is 19.4. The number of carbonyl (C=O) groups excluding carboxylic acids is 2. The van der Waals surface area contributed by atoms with Gasteiger partial charge in [0.05, 0.1) is 5.41 Å². The SMILES string of the molecule is O=C(Nc1ccccc1)N1CCC(NC(=O)C2(c3ccc(F)cc3)CCC2)CC1. The second-order valence-electron chi connectivity index (χ2n) is 7.97. The van der Waals surface area contributed by atoms with Crippen LogP contribution in [-0.2, 0) is 10.2 Å². The van der Waals surface area contributed by atoms with Gasteiger partial charge < -0.3 is 15.5 Å². The molecule has 1 saturated carbocycles. The van der Waals surface area contributed by atoms with Crippen LogP contribution in [0.4, 0.5) is 14.9 Å². The summed E-state index contributed by atoms with van der Waals surface area (Å²) in [5.74, 6) is -0.257. The lowest BCUT2D eigenvalue weighted by Gasteiger charge is -2.42. The van der Waals surface area contributed by atoms with E-state index < -0.39 is 5.41 Å². The van der Waals surface area contributed by atoms with Gasteiger partial charge in [0.2, 0.25) is 5.91 Å². The average Bonchev–Trinajstić information content (AvgIpc) is 2.70. The van der Waals surface area contributed by atoms with Gasteiger partial charge in [0.15, 0.2) is 0 Å².